The van der Waals surface area contributed by atoms with Crippen LogP contribution in [0, 0.1) is 17.0 Å². The standard InChI is InChI=1S/C21H25N3O3/c1-16-5-10-19(13-20(16)24(26)27)21(25)22-14-17-6-8-18(9-7-17)15-23-11-3-2-4-12-23/h5-10,13H,2-4,11-12,14-15H2,1H3,(H,22,25). The van der Waals surface area contributed by atoms with Crippen molar-refractivity contribution in [2.75, 3.05) is 13.1 Å². The van der Waals surface area contributed by atoms with Crippen LogP contribution >= 0.6 is 0 Å². The van der Waals surface area contributed by atoms with Crippen molar-refractivity contribution in [1.82, 2.24) is 10.2 Å². The van der Waals surface area contributed by atoms with E-state index in [-0.39, 0.29) is 11.6 Å². The maximum absolute atomic E-state index is 12.3. The normalized spacial score (nSPS) is 14.7. The fourth-order valence-electron chi connectivity index (χ4n) is 3.37. The minimum absolute atomic E-state index is 0.0373. The van der Waals surface area contributed by atoms with E-state index in [1.165, 1.54) is 44.0 Å². The van der Waals surface area contributed by atoms with Gasteiger partial charge in [-0.3, -0.25) is 19.8 Å². The lowest BCUT2D eigenvalue weighted by Gasteiger charge is -2.26. The first-order valence-corrected chi connectivity index (χ1v) is 9.36. The highest BCUT2D eigenvalue weighted by molar-refractivity contribution is 5.94. The number of aryl methyl sites for hydroxylation is 1. The molecule has 0 aliphatic carbocycles. The van der Waals surface area contributed by atoms with E-state index in [9.17, 15) is 14.9 Å². The number of rotatable bonds is 6. The topological polar surface area (TPSA) is 75.5 Å². The molecule has 0 unspecified atom stereocenters. The lowest BCUT2D eigenvalue weighted by molar-refractivity contribution is -0.385. The maximum atomic E-state index is 12.3. The Morgan fingerprint density at radius 1 is 1.07 bits per heavy atom. The fourth-order valence-corrected chi connectivity index (χ4v) is 3.37. The quantitative estimate of drug-likeness (QED) is 0.622. The zero-order valence-corrected chi connectivity index (χ0v) is 15.6. The van der Waals surface area contributed by atoms with Crippen LogP contribution in [0.3, 0.4) is 0 Å². The van der Waals surface area contributed by atoms with Crippen LogP contribution in [-0.4, -0.2) is 28.8 Å². The molecule has 1 aliphatic heterocycles. The van der Waals surface area contributed by atoms with Crippen LogP contribution in [0.25, 0.3) is 0 Å². The summed E-state index contributed by atoms with van der Waals surface area (Å²) in [6.07, 6.45) is 3.89. The van der Waals surface area contributed by atoms with Gasteiger partial charge in [0.15, 0.2) is 0 Å². The van der Waals surface area contributed by atoms with Crippen molar-refractivity contribution in [2.45, 2.75) is 39.3 Å². The van der Waals surface area contributed by atoms with Crippen molar-refractivity contribution in [3.8, 4) is 0 Å². The van der Waals surface area contributed by atoms with Gasteiger partial charge < -0.3 is 5.32 Å². The molecular formula is C21H25N3O3. The van der Waals surface area contributed by atoms with E-state index in [1.807, 2.05) is 12.1 Å². The first-order valence-electron chi connectivity index (χ1n) is 9.36. The zero-order chi connectivity index (χ0) is 19.2. The van der Waals surface area contributed by atoms with Crippen molar-refractivity contribution < 1.29 is 9.72 Å². The number of piperidine rings is 1. The van der Waals surface area contributed by atoms with E-state index in [1.54, 1.807) is 19.1 Å². The molecule has 1 fully saturated rings. The Morgan fingerprint density at radius 3 is 2.41 bits per heavy atom. The predicted molar refractivity (Wildman–Crippen MR) is 105 cm³/mol. The Morgan fingerprint density at radius 2 is 1.74 bits per heavy atom. The first kappa shape index (κ1) is 19.0. The van der Waals surface area contributed by atoms with Gasteiger partial charge in [-0.15, -0.1) is 0 Å². The number of benzene rings is 2. The maximum Gasteiger partial charge on any atom is 0.273 e. The molecule has 0 saturated carbocycles. The summed E-state index contributed by atoms with van der Waals surface area (Å²) < 4.78 is 0. The molecule has 2 aromatic carbocycles. The van der Waals surface area contributed by atoms with E-state index in [4.69, 9.17) is 0 Å². The number of nitrogens with one attached hydrogen (secondary N) is 1. The summed E-state index contributed by atoms with van der Waals surface area (Å²) in [6.45, 7) is 5.36. The highest BCUT2D eigenvalue weighted by Gasteiger charge is 2.15. The number of hydrogen-bond acceptors (Lipinski definition) is 4. The molecule has 142 valence electrons. The van der Waals surface area contributed by atoms with Crippen molar-refractivity contribution in [3.05, 3.63) is 74.8 Å². The molecule has 3 rings (SSSR count). The molecule has 27 heavy (non-hydrogen) atoms. The Bertz CT molecular complexity index is 812. The van der Waals surface area contributed by atoms with Crippen LogP contribution in [0.1, 0.15) is 46.3 Å². The van der Waals surface area contributed by atoms with Crippen LogP contribution < -0.4 is 5.32 Å². The molecule has 6 heteroatoms. The monoisotopic (exact) mass is 367 g/mol. The second-order valence-electron chi connectivity index (χ2n) is 7.09. The van der Waals surface area contributed by atoms with Crippen LogP contribution in [-0.2, 0) is 13.1 Å². The molecule has 0 radical (unpaired) electrons. The summed E-state index contributed by atoms with van der Waals surface area (Å²) in [5.74, 6) is -0.310. The Balaban J connectivity index is 1.55. The first-order chi connectivity index (χ1) is 13.0. The number of nitro benzene ring substituents is 1. The van der Waals surface area contributed by atoms with E-state index in [0.717, 1.165) is 12.1 Å². The summed E-state index contributed by atoms with van der Waals surface area (Å²) in [4.78, 5) is 25.3. The molecule has 0 bridgehead atoms. The van der Waals surface area contributed by atoms with Gasteiger partial charge in [0.2, 0.25) is 0 Å². The summed E-state index contributed by atoms with van der Waals surface area (Å²) in [5.41, 5.74) is 3.09. The second kappa shape index (κ2) is 8.77. The molecule has 1 N–H and O–H groups in total. The summed E-state index contributed by atoms with van der Waals surface area (Å²) in [5, 5.41) is 13.9. The van der Waals surface area contributed by atoms with Gasteiger partial charge in [0.05, 0.1) is 4.92 Å². The highest BCUT2D eigenvalue weighted by Crippen LogP contribution is 2.19. The van der Waals surface area contributed by atoms with Crippen LogP contribution in [0.5, 0.6) is 0 Å². The van der Waals surface area contributed by atoms with E-state index in [2.05, 4.69) is 22.3 Å². The number of amides is 1. The van der Waals surface area contributed by atoms with E-state index in [0.29, 0.717) is 17.7 Å². The third kappa shape index (κ3) is 5.14. The third-order valence-electron chi connectivity index (χ3n) is 5.00. The van der Waals surface area contributed by atoms with Crippen LogP contribution in [0.15, 0.2) is 42.5 Å². The smallest absolute Gasteiger partial charge is 0.273 e. The average Bonchev–Trinajstić information content (AvgIpc) is 2.68. The van der Waals surface area contributed by atoms with Gasteiger partial charge in [0.25, 0.3) is 11.6 Å². The lowest BCUT2D eigenvalue weighted by Crippen LogP contribution is -2.29. The van der Waals surface area contributed by atoms with Gasteiger partial charge in [0.1, 0.15) is 0 Å². The molecule has 1 saturated heterocycles. The molecule has 0 aromatic heterocycles. The number of nitrogens with zero attached hydrogens (tertiary/aromatic N) is 2. The summed E-state index contributed by atoms with van der Waals surface area (Å²) in [6, 6.07) is 12.8. The van der Waals surface area contributed by atoms with Gasteiger partial charge in [-0.25, -0.2) is 0 Å². The Kier molecular flexibility index (Phi) is 6.19. The molecule has 0 atom stereocenters. The number of carbonyl (C=O) groups is 1. The molecule has 1 heterocycles. The van der Waals surface area contributed by atoms with E-state index >= 15 is 0 Å². The number of hydrogen-bond donors (Lipinski definition) is 1. The van der Waals surface area contributed by atoms with Crippen molar-refractivity contribution in [3.63, 3.8) is 0 Å². The van der Waals surface area contributed by atoms with Crippen molar-refractivity contribution >= 4 is 11.6 Å². The van der Waals surface area contributed by atoms with Crippen molar-refractivity contribution in [1.29, 1.82) is 0 Å². The predicted octanol–water partition coefficient (Wildman–Crippen LogP) is 3.82. The molecule has 6 nitrogen and oxygen atoms in total. The average molecular weight is 367 g/mol. The minimum Gasteiger partial charge on any atom is -0.348 e. The molecule has 1 aliphatic rings. The number of likely N-dealkylation sites (tertiary alicyclic amines) is 1. The van der Waals surface area contributed by atoms with Gasteiger partial charge in [0, 0.05) is 30.3 Å². The third-order valence-corrected chi connectivity index (χ3v) is 5.00. The SMILES string of the molecule is Cc1ccc(C(=O)NCc2ccc(CN3CCCCC3)cc2)cc1[N+](=O)[O-]. The van der Waals surface area contributed by atoms with E-state index < -0.39 is 4.92 Å². The molecular weight excluding hydrogens is 342 g/mol. The largest absolute Gasteiger partial charge is 0.348 e. The van der Waals surface area contributed by atoms with Crippen molar-refractivity contribution in [2.24, 2.45) is 0 Å². The van der Waals surface area contributed by atoms with Crippen LogP contribution in [0.4, 0.5) is 5.69 Å². The lowest BCUT2D eigenvalue weighted by atomic mass is 10.1. The van der Waals surface area contributed by atoms with Gasteiger partial charge in [-0.1, -0.05) is 36.8 Å². The molecule has 0 spiro atoms. The van der Waals surface area contributed by atoms with Crippen LogP contribution in [0.2, 0.25) is 0 Å². The Hall–Kier alpha value is -2.73. The highest BCUT2D eigenvalue weighted by atomic mass is 16.6. The van der Waals surface area contributed by atoms with Gasteiger partial charge in [-0.2, -0.15) is 0 Å². The number of nitro groups is 1. The minimum atomic E-state index is -0.465. The molecule has 1 amide bonds. The Labute approximate surface area is 159 Å². The van der Waals surface area contributed by atoms with Gasteiger partial charge in [-0.05, 0) is 50.0 Å². The second-order valence-corrected chi connectivity index (χ2v) is 7.09. The van der Waals surface area contributed by atoms with Gasteiger partial charge >= 0.3 is 0 Å². The fraction of sp³-hybridized carbons (Fsp3) is 0.381. The molecule has 2 aromatic rings. The zero-order valence-electron chi connectivity index (χ0n) is 15.6. The summed E-state index contributed by atoms with van der Waals surface area (Å²) in [7, 11) is 0. The summed E-state index contributed by atoms with van der Waals surface area (Å²) >= 11 is 0. The number of carbonyl (C=O) groups excluding carboxylic acids is 1.